The molecule has 17 heavy (non-hydrogen) atoms. The number of anilines is 1. The molecular weight excluding hydrogens is 335 g/mol. The number of nitrogens with zero attached hydrogens (tertiary/aromatic N) is 3. The van der Waals surface area contributed by atoms with Gasteiger partial charge in [-0.2, -0.15) is 0 Å². The van der Waals surface area contributed by atoms with Crippen molar-refractivity contribution in [2.24, 2.45) is 0 Å². The minimum absolute atomic E-state index is 0.116. The molecule has 0 bridgehead atoms. The van der Waals surface area contributed by atoms with Crippen LogP contribution in [0, 0.1) is 3.57 Å². The van der Waals surface area contributed by atoms with E-state index >= 15 is 0 Å². The molecule has 2 rings (SSSR count). The van der Waals surface area contributed by atoms with Crippen molar-refractivity contribution in [2.75, 3.05) is 11.4 Å². The number of carbonyl (C=O) groups is 2. The first kappa shape index (κ1) is 12.2. The van der Waals surface area contributed by atoms with E-state index in [-0.39, 0.29) is 24.4 Å². The number of rotatable bonds is 2. The number of imide groups is 1. The molecule has 1 N–H and O–H groups in total. The van der Waals surface area contributed by atoms with Crippen molar-refractivity contribution in [1.29, 1.82) is 0 Å². The van der Waals surface area contributed by atoms with Crippen molar-refractivity contribution < 1.29 is 9.59 Å². The minimum atomic E-state index is -0.382. The van der Waals surface area contributed by atoms with Crippen molar-refractivity contribution in [3.8, 4) is 0 Å². The number of amides is 2. The second-order valence-electron chi connectivity index (χ2n) is 3.67. The topological polar surface area (TPSA) is 75.2 Å². The second kappa shape index (κ2) is 4.94. The van der Waals surface area contributed by atoms with E-state index in [1.165, 1.54) is 0 Å². The third kappa shape index (κ3) is 2.54. The second-order valence-corrected chi connectivity index (χ2v) is 4.91. The van der Waals surface area contributed by atoms with Crippen molar-refractivity contribution in [1.82, 2.24) is 15.3 Å². The van der Waals surface area contributed by atoms with Gasteiger partial charge in [-0.15, -0.1) is 0 Å². The van der Waals surface area contributed by atoms with Gasteiger partial charge in [-0.05, 0) is 29.0 Å². The summed E-state index contributed by atoms with van der Waals surface area (Å²) < 4.78 is 0.909. The smallest absolute Gasteiger partial charge is 0.249 e. The van der Waals surface area contributed by atoms with Crippen molar-refractivity contribution in [3.05, 3.63) is 16.0 Å². The van der Waals surface area contributed by atoms with Gasteiger partial charge in [-0.25, -0.2) is 9.97 Å². The summed E-state index contributed by atoms with van der Waals surface area (Å²) in [7, 11) is 0. The Morgan fingerprint density at radius 2 is 2.12 bits per heavy atom. The highest BCUT2D eigenvalue weighted by Crippen LogP contribution is 2.16. The van der Waals surface area contributed by atoms with E-state index in [0.29, 0.717) is 12.4 Å². The summed E-state index contributed by atoms with van der Waals surface area (Å²) in [5, 5.41) is 2.31. The molecule has 2 heterocycles. The van der Waals surface area contributed by atoms with Gasteiger partial charge in [0.2, 0.25) is 17.8 Å². The predicted octanol–water partition coefficient (Wildman–Crippen LogP) is 0.323. The summed E-state index contributed by atoms with van der Waals surface area (Å²) in [5.74, 6) is -0.187. The van der Waals surface area contributed by atoms with Gasteiger partial charge < -0.3 is 4.90 Å². The maximum Gasteiger partial charge on any atom is 0.249 e. The van der Waals surface area contributed by atoms with E-state index < -0.39 is 0 Å². The Morgan fingerprint density at radius 3 is 2.71 bits per heavy atom. The first-order valence-corrected chi connectivity index (χ1v) is 6.27. The standard InChI is InChI=1S/C10H11IN4O2/c1-2-7-9(17)14-8(16)5-15(7)10-12-3-6(11)4-13-10/h3-4,7H,2,5H2,1H3,(H,14,16,17). The van der Waals surface area contributed by atoms with E-state index in [1.54, 1.807) is 17.3 Å². The molecule has 1 saturated heterocycles. The number of aromatic nitrogens is 2. The average molecular weight is 346 g/mol. The van der Waals surface area contributed by atoms with Crippen LogP contribution in [0.1, 0.15) is 13.3 Å². The minimum Gasteiger partial charge on any atom is -0.319 e. The van der Waals surface area contributed by atoms with Crippen LogP contribution in [0.5, 0.6) is 0 Å². The van der Waals surface area contributed by atoms with Crippen molar-refractivity contribution in [2.45, 2.75) is 19.4 Å². The molecule has 1 atom stereocenters. The quantitative estimate of drug-likeness (QED) is 0.617. The van der Waals surface area contributed by atoms with Crippen molar-refractivity contribution >= 4 is 40.4 Å². The Morgan fingerprint density at radius 1 is 1.47 bits per heavy atom. The first-order valence-electron chi connectivity index (χ1n) is 5.19. The molecule has 0 aromatic carbocycles. The van der Waals surface area contributed by atoms with Gasteiger partial charge in [-0.1, -0.05) is 6.92 Å². The van der Waals surface area contributed by atoms with Crippen LogP contribution >= 0.6 is 22.6 Å². The molecule has 1 aliphatic heterocycles. The van der Waals surface area contributed by atoms with E-state index in [9.17, 15) is 9.59 Å². The van der Waals surface area contributed by atoms with Gasteiger partial charge in [0.25, 0.3) is 0 Å². The highest BCUT2D eigenvalue weighted by atomic mass is 127. The lowest BCUT2D eigenvalue weighted by atomic mass is 10.1. The van der Waals surface area contributed by atoms with Crippen LogP contribution in [0.3, 0.4) is 0 Å². The molecule has 1 aromatic rings. The lowest BCUT2D eigenvalue weighted by molar-refractivity contribution is -0.133. The van der Waals surface area contributed by atoms with Gasteiger partial charge in [0.05, 0.1) is 0 Å². The van der Waals surface area contributed by atoms with E-state index in [0.717, 1.165) is 3.57 Å². The Kier molecular flexibility index (Phi) is 3.55. The third-order valence-corrected chi connectivity index (χ3v) is 3.06. The number of carbonyl (C=O) groups excluding carboxylic acids is 2. The lowest BCUT2D eigenvalue weighted by Gasteiger charge is -2.33. The van der Waals surface area contributed by atoms with Gasteiger partial charge in [0, 0.05) is 16.0 Å². The van der Waals surface area contributed by atoms with Crippen LogP contribution in [0.15, 0.2) is 12.4 Å². The van der Waals surface area contributed by atoms with Crippen LogP contribution in [0.25, 0.3) is 0 Å². The summed E-state index contributed by atoms with van der Waals surface area (Å²) in [4.78, 5) is 32.9. The Balaban J connectivity index is 2.30. The fourth-order valence-electron chi connectivity index (χ4n) is 1.74. The first-order chi connectivity index (χ1) is 8.11. The van der Waals surface area contributed by atoms with Gasteiger partial charge in [0.1, 0.15) is 12.6 Å². The lowest BCUT2D eigenvalue weighted by Crippen LogP contribution is -2.58. The maximum atomic E-state index is 11.7. The van der Waals surface area contributed by atoms with E-state index in [2.05, 4.69) is 37.9 Å². The summed E-state index contributed by atoms with van der Waals surface area (Å²) in [6, 6.07) is -0.382. The fourth-order valence-corrected chi connectivity index (χ4v) is 2.01. The molecule has 1 aliphatic rings. The van der Waals surface area contributed by atoms with Crippen LogP contribution < -0.4 is 10.2 Å². The van der Waals surface area contributed by atoms with E-state index in [4.69, 9.17) is 0 Å². The number of halogens is 1. The summed E-state index contributed by atoms with van der Waals surface area (Å²) in [5.41, 5.74) is 0. The predicted molar refractivity (Wildman–Crippen MR) is 69.3 cm³/mol. The Hall–Kier alpha value is -1.25. The van der Waals surface area contributed by atoms with Crippen LogP contribution in [0.2, 0.25) is 0 Å². The zero-order valence-corrected chi connectivity index (χ0v) is 11.3. The monoisotopic (exact) mass is 346 g/mol. The van der Waals surface area contributed by atoms with Crippen LogP contribution in [0.4, 0.5) is 5.95 Å². The maximum absolute atomic E-state index is 11.7. The number of piperazine rings is 1. The van der Waals surface area contributed by atoms with Crippen LogP contribution in [-0.4, -0.2) is 34.4 Å². The molecule has 2 amide bonds. The number of hydrogen-bond donors (Lipinski definition) is 1. The fraction of sp³-hybridized carbons (Fsp3) is 0.400. The SMILES string of the molecule is CCC1C(=O)NC(=O)CN1c1ncc(I)cn1. The molecular formula is C10H11IN4O2. The molecule has 0 aliphatic carbocycles. The van der Waals surface area contributed by atoms with Crippen molar-refractivity contribution in [3.63, 3.8) is 0 Å². The molecule has 90 valence electrons. The number of hydrogen-bond acceptors (Lipinski definition) is 5. The van der Waals surface area contributed by atoms with Gasteiger partial charge >= 0.3 is 0 Å². The molecule has 0 saturated carbocycles. The Labute approximate surface area is 112 Å². The zero-order chi connectivity index (χ0) is 12.4. The third-order valence-electron chi connectivity index (χ3n) is 2.51. The highest BCUT2D eigenvalue weighted by Gasteiger charge is 2.33. The molecule has 6 nitrogen and oxygen atoms in total. The zero-order valence-electron chi connectivity index (χ0n) is 9.18. The van der Waals surface area contributed by atoms with E-state index in [1.807, 2.05) is 6.92 Å². The summed E-state index contributed by atoms with van der Waals surface area (Å²) in [6.45, 7) is 2.00. The average Bonchev–Trinajstić information content (AvgIpc) is 2.29. The van der Waals surface area contributed by atoms with Gasteiger partial charge in [-0.3, -0.25) is 14.9 Å². The van der Waals surface area contributed by atoms with Crippen LogP contribution in [-0.2, 0) is 9.59 Å². The molecule has 7 heteroatoms. The molecule has 1 unspecified atom stereocenters. The molecule has 0 spiro atoms. The molecule has 1 fully saturated rings. The largest absolute Gasteiger partial charge is 0.319 e. The Bertz CT molecular complexity index is 448. The molecule has 0 radical (unpaired) electrons. The highest BCUT2D eigenvalue weighted by molar-refractivity contribution is 14.1. The summed E-state index contributed by atoms with van der Waals surface area (Å²) >= 11 is 2.10. The molecule has 1 aromatic heterocycles. The normalized spacial score (nSPS) is 20.4. The number of nitrogens with one attached hydrogen (secondary N) is 1. The van der Waals surface area contributed by atoms with Gasteiger partial charge in [0.15, 0.2) is 0 Å². The summed E-state index contributed by atoms with van der Waals surface area (Å²) in [6.07, 6.45) is 3.92.